The summed E-state index contributed by atoms with van der Waals surface area (Å²) in [5.41, 5.74) is 9.79. The Balaban J connectivity index is 1.41. The van der Waals surface area contributed by atoms with E-state index in [1.54, 1.807) is 47.1 Å². The van der Waals surface area contributed by atoms with E-state index in [0.29, 0.717) is 5.54 Å². The van der Waals surface area contributed by atoms with Crippen LogP contribution in [0.5, 0.6) is 0 Å². The van der Waals surface area contributed by atoms with Crippen molar-refractivity contribution in [3.63, 3.8) is 0 Å². The summed E-state index contributed by atoms with van der Waals surface area (Å²) in [6.07, 6.45) is 15.4. The Morgan fingerprint density at radius 2 is 1.60 bits per heavy atom. The molecule has 4 bridgehead atoms. The van der Waals surface area contributed by atoms with Crippen molar-refractivity contribution in [3.8, 4) is 0 Å². The summed E-state index contributed by atoms with van der Waals surface area (Å²) in [6, 6.07) is 5.26. The molecular weight excluding hydrogens is 414 g/mol. The van der Waals surface area contributed by atoms with Crippen molar-refractivity contribution >= 4 is 12.3 Å². The summed E-state index contributed by atoms with van der Waals surface area (Å²) in [5, 5.41) is 0. The van der Waals surface area contributed by atoms with Gasteiger partial charge in [0.1, 0.15) is 0 Å². The maximum absolute atomic E-state index is 4.69. The van der Waals surface area contributed by atoms with Crippen LogP contribution in [0, 0.1) is 17.8 Å². The number of fused-ring (bicyclic) bond motifs is 2. The molecule has 6 aliphatic rings. The summed E-state index contributed by atoms with van der Waals surface area (Å²) >= 11 is -1.50. The standard InChI is InChI=1S/C13H13.C10H16N.C4H10Si.Ti/c1-9-5-12-7-10-3-2-4-11(10)8-13(12)6-9;11-10-4-7-1-8(5-10)3-9(2-7)6-10;1-4(2)5-3;/h5-8H,2-4H2,1H3;7-9,11H,1-6H2;4H,1-3H3;/q;-1;;+1. The third-order valence-corrected chi connectivity index (χ3v) is 23.8. The molecule has 0 spiro atoms. The first kappa shape index (κ1) is 20.5. The van der Waals surface area contributed by atoms with Crippen LogP contribution in [-0.4, -0.2) is 11.7 Å². The monoisotopic (exact) mass is 453 g/mol. The van der Waals surface area contributed by atoms with Gasteiger partial charge in [0.25, 0.3) is 0 Å². The Morgan fingerprint density at radius 3 is 2.20 bits per heavy atom. The summed E-state index contributed by atoms with van der Waals surface area (Å²) in [6.45, 7) is 10.2. The number of hydrogen-bond acceptors (Lipinski definition) is 1. The first-order chi connectivity index (χ1) is 14.4. The first-order valence-electron chi connectivity index (χ1n) is 12.7. The van der Waals surface area contributed by atoms with Crippen LogP contribution in [-0.2, 0) is 29.7 Å². The number of hydrogen-bond donors (Lipinski definition) is 1. The Bertz CT molecular complexity index is 921. The Hall–Kier alpha value is -0.149. The summed E-state index contributed by atoms with van der Waals surface area (Å²) in [4.78, 5) is 0. The predicted octanol–water partition coefficient (Wildman–Crippen LogP) is 6.76. The van der Waals surface area contributed by atoms with Gasteiger partial charge in [0.2, 0.25) is 0 Å². The maximum atomic E-state index is 4.69. The molecule has 0 aromatic heterocycles. The van der Waals surface area contributed by atoms with E-state index in [9.17, 15) is 0 Å². The Labute approximate surface area is 190 Å². The van der Waals surface area contributed by atoms with Crippen LogP contribution in [0.1, 0.15) is 92.2 Å². The van der Waals surface area contributed by atoms with Gasteiger partial charge >= 0.3 is 191 Å². The fourth-order valence-electron chi connectivity index (χ4n) is 8.25. The average Bonchev–Trinajstić information content (AvgIpc) is 3.25. The van der Waals surface area contributed by atoms with E-state index in [1.807, 2.05) is 0 Å². The first-order valence-corrected chi connectivity index (χ1v) is 18.8. The van der Waals surface area contributed by atoms with Crippen molar-refractivity contribution in [2.75, 3.05) is 0 Å². The van der Waals surface area contributed by atoms with Gasteiger partial charge in [0.15, 0.2) is 0 Å². The van der Waals surface area contributed by atoms with E-state index >= 15 is 0 Å². The molecule has 1 unspecified atom stereocenters. The fraction of sp³-hybridized carbons (Fsp3) is 0.704. The second kappa shape index (κ2) is 7.44. The summed E-state index contributed by atoms with van der Waals surface area (Å²) < 4.78 is 5.47. The van der Waals surface area contributed by atoms with Gasteiger partial charge in [0, 0.05) is 0 Å². The van der Waals surface area contributed by atoms with Gasteiger partial charge in [0.05, 0.1) is 0 Å². The van der Waals surface area contributed by atoms with Gasteiger partial charge < -0.3 is 0 Å². The molecule has 1 N–H and O–H groups in total. The van der Waals surface area contributed by atoms with Crippen molar-refractivity contribution in [3.05, 3.63) is 40.0 Å². The quantitative estimate of drug-likeness (QED) is 0.497. The molecule has 6 aliphatic carbocycles. The van der Waals surface area contributed by atoms with Crippen LogP contribution >= 0.6 is 0 Å². The van der Waals surface area contributed by atoms with E-state index in [0.717, 1.165) is 27.5 Å². The molecule has 3 heteroatoms. The number of allylic oxidation sites excluding steroid dienone is 1. The van der Waals surface area contributed by atoms with Crippen LogP contribution in [0.4, 0.5) is 0 Å². The van der Waals surface area contributed by atoms with Crippen molar-refractivity contribution in [1.82, 2.24) is 3.80 Å². The molecule has 0 aliphatic heterocycles. The third-order valence-electron chi connectivity index (χ3n) is 9.46. The SMILES string of the molecule is CC1=Cc2cc3c(cc2[CH]1[Ti]([NH]C12CC4CC(CC(C4)C1)C2)=[Si](C)C(C)C)CCC3. The van der Waals surface area contributed by atoms with Crippen LogP contribution in [0.25, 0.3) is 6.08 Å². The molecule has 0 radical (unpaired) electrons. The molecule has 0 saturated heterocycles. The minimum atomic E-state index is -1.50. The van der Waals surface area contributed by atoms with Gasteiger partial charge in [-0.25, -0.2) is 0 Å². The zero-order chi connectivity index (χ0) is 20.6. The molecule has 1 nitrogen and oxygen atoms in total. The zero-order valence-corrected chi connectivity index (χ0v) is 22.0. The summed E-state index contributed by atoms with van der Waals surface area (Å²) in [7, 11) is 0. The van der Waals surface area contributed by atoms with E-state index < -0.39 is 16.9 Å². The predicted molar refractivity (Wildman–Crippen MR) is 126 cm³/mol. The fourth-order valence-corrected chi connectivity index (χ4v) is 21.5. The van der Waals surface area contributed by atoms with Gasteiger partial charge in [-0.15, -0.1) is 0 Å². The molecule has 7 rings (SSSR count). The Morgan fingerprint density at radius 1 is 1.00 bits per heavy atom. The number of rotatable bonds is 4. The Kier molecular flexibility index (Phi) is 5.07. The van der Waals surface area contributed by atoms with Gasteiger partial charge in [-0.3, -0.25) is 0 Å². The van der Waals surface area contributed by atoms with E-state index in [2.05, 4.69) is 45.5 Å². The second-order valence-corrected chi connectivity index (χ2v) is 23.0. The molecule has 1 atom stereocenters. The molecule has 4 saturated carbocycles. The average molecular weight is 454 g/mol. The van der Waals surface area contributed by atoms with Crippen LogP contribution < -0.4 is 3.80 Å². The normalized spacial score (nSPS) is 36.8. The molecule has 0 amide bonds. The molecule has 0 heterocycles. The van der Waals surface area contributed by atoms with Crippen LogP contribution in [0.2, 0.25) is 12.1 Å². The van der Waals surface area contributed by atoms with Gasteiger partial charge in [-0.05, 0) is 0 Å². The number of benzene rings is 1. The van der Waals surface area contributed by atoms with Gasteiger partial charge in [-0.1, -0.05) is 0 Å². The van der Waals surface area contributed by atoms with Crippen LogP contribution in [0.15, 0.2) is 17.7 Å². The second-order valence-electron chi connectivity index (χ2n) is 12.0. The van der Waals surface area contributed by atoms with Crippen molar-refractivity contribution < 1.29 is 16.9 Å². The summed E-state index contributed by atoms with van der Waals surface area (Å²) in [5.74, 6) is 3.14. The van der Waals surface area contributed by atoms with E-state index in [-0.39, 0.29) is 6.19 Å². The van der Waals surface area contributed by atoms with E-state index in [4.69, 9.17) is 3.80 Å². The topological polar surface area (TPSA) is 12.0 Å². The molecular formula is C27H39NSiTi. The number of nitrogens with one attached hydrogen (secondary N) is 1. The van der Waals surface area contributed by atoms with Crippen molar-refractivity contribution in [1.29, 1.82) is 0 Å². The molecule has 30 heavy (non-hydrogen) atoms. The third kappa shape index (κ3) is 3.31. The number of aryl methyl sites for hydroxylation is 2. The van der Waals surface area contributed by atoms with Crippen molar-refractivity contribution in [2.45, 2.75) is 100 Å². The van der Waals surface area contributed by atoms with E-state index in [1.165, 1.54) is 38.5 Å². The molecule has 1 aromatic carbocycles. The molecule has 160 valence electrons. The molecule has 1 aromatic rings. The van der Waals surface area contributed by atoms with Crippen LogP contribution in [0.3, 0.4) is 0 Å². The van der Waals surface area contributed by atoms with Crippen molar-refractivity contribution in [2.24, 2.45) is 17.8 Å². The minimum absolute atomic E-state index is 0.343. The van der Waals surface area contributed by atoms with Gasteiger partial charge in [-0.2, -0.15) is 0 Å². The molecule has 4 fully saturated rings. The zero-order valence-electron chi connectivity index (χ0n) is 19.5.